The van der Waals surface area contributed by atoms with Gasteiger partial charge in [0.05, 0.1) is 6.54 Å². The third-order valence-corrected chi connectivity index (χ3v) is 3.79. The number of hydrogen-bond donors (Lipinski definition) is 2. The van der Waals surface area contributed by atoms with E-state index in [4.69, 9.17) is 5.73 Å². The van der Waals surface area contributed by atoms with E-state index in [1.807, 2.05) is 24.4 Å². The van der Waals surface area contributed by atoms with E-state index in [9.17, 15) is 0 Å². The molecule has 1 unspecified atom stereocenters. The van der Waals surface area contributed by atoms with Gasteiger partial charge in [0.15, 0.2) is 11.8 Å². The molecule has 2 aromatic heterocycles. The summed E-state index contributed by atoms with van der Waals surface area (Å²) in [4.78, 5) is 8.74. The van der Waals surface area contributed by atoms with Crippen molar-refractivity contribution in [2.75, 3.05) is 0 Å². The molecular formula is C18H29IN6. The minimum absolute atomic E-state index is 0. The van der Waals surface area contributed by atoms with Crippen LogP contribution < -0.4 is 11.1 Å². The summed E-state index contributed by atoms with van der Waals surface area (Å²) in [5.41, 5.74) is 7.04. The average molecular weight is 456 g/mol. The minimum atomic E-state index is 0. The van der Waals surface area contributed by atoms with Gasteiger partial charge in [-0.05, 0) is 43.0 Å². The highest BCUT2D eigenvalue weighted by atomic mass is 127. The van der Waals surface area contributed by atoms with Crippen LogP contribution in [0.4, 0.5) is 0 Å². The molecule has 1 atom stereocenters. The normalized spacial score (nSPS) is 12.7. The van der Waals surface area contributed by atoms with E-state index in [0.717, 1.165) is 23.7 Å². The van der Waals surface area contributed by atoms with Gasteiger partial charge >= 0.3 is 0 Å². The zero-order valence-electron chi connectivity index (χ0n) is 15.2. The molecule has 25 heavy (non-hydrogen) atoms. The third kappa shape index (κ3) is 7.85. The van der Waals surface area contributed by atoms with E-state index in [-0.39, 0.29) is 24.0 Å². The van der Waals surface area contributed by atoms with Gasteiger partial charge in [0.2, 0.25) is 0 Å². The summed E-state index contributed by atoms with van der Waals surface area (Å²) in [6.07, 6.45) is 8.92. The molecule has 0 aliphatic heterocycles. The molecule has 0 aliphatic carbocycles. The fourth-order valence-corrected chi connectivity index (χ4v) is 2.47. The number of pyridine rings is 1. The quantitative estimate of drug-likeness (QED) is 0.362. The monoisotopic (exact) mass is 456 g/mol. The number of aliphatic imine (C=N–C) groups is 1. The Hall–Kier alpha value is -1.64. The first kappa shape index (κ1) is 21.4. The van der Waals surface area contributed by atoms with Crippen molar-refractivity contribution in [2.24, 2.45) is 16.6 Å². The van der Waals surface area contributed by atoms with Crippen molar-refractivity contribution in [3.05, 3.63) is 42.4 Å². The summed E-state index contributed by atoms with van der Waals surface area (Å²) in [6, 6.07) is 6.12. The molecule has 2 heterocycles. The summed E-state index contributed by atoms with van der Waals surface area (Å²) in [5, 5.41) is 7.44. The van der Waals surface area contributed by atoms with E-state index >= 15 is 0 Å². The topological polar surface area (TPSA) is 81.1 Å². The second-order valence-corrected chi connectivity index (χ2v) is 6.54. The van der Waals surface area contributed by atoms with Crippen LogP contribution in [0.2, 0.25) is 0 Å². The van der Waals surface area contributed by atoms with Gasteiger partial charge in [-0.2, -0.15) is 5.10 Å². The molecule has 0 aromatic carbocycles. The van der Waals surface area contributed by atoms with Crippen LogP contribution in [0.3, 0.4) is 0 Å². The van der Waals surface area contributed by atoms with Gasteiger partial charge in [0, 0.05) is 24.6 Å². The van der Waals surface area contributed by atoms with E-state index in [1.165, 1.54) is 12.8 Å². The Bertz CT molecular complexity index is 639. The molecule has 2 aromatic rings. The number of nitrogens with two attached hydrogens (primary N) is 1. The number of guanidine groups is 1. The Morgan fingerprint density at radius 2 is 2.08 bits per heavy atom. The molecule has 138 valence electrons. The molecule has 6 nitrogen and oxygen atoms in total. The zero-order valence-corrected chi connectivity index (χ0v) is 17.6. The lowest BCUT2D eigenvalue weighted by Crippen LogP contribution is -2.38. The second-order valence-electron chi connectivity index (χ2n) is 6.54. The van der Waals surface area contributed by atoms with E-state index in [2.05, 4.69) is 41.2 Å². The summed E-state index contributed by atoms with van der Waals surface area (Å²) in [7, 11) is 0. The van der Waals surface area contributed by atoms with Crippen molar-refractivity contribution in [1.29, 1.82) is 0 Å². The van der Waals surface area contributed by atoms with E-state index in [1.54, 1.807) is 17.1 Å². The van der Waals surface area contributed by atoms with Crippen LogP contribution in [-0.2, 0) is 6.54 Å². The Labute approximate surface area is 167 Å². The van der Waals surface area contributed by atoms with Gasteiger partial charge < -0.3 is 11.1 Å². The highest BCUT2D eigenvalue weighted by Gasteiger charge is 2.04. The average Bonchev–Trinajstić information content (AvgIpc) is 3.07. The summed E-state index contributed by atoms with van der Waals surface area (Å²) >= 11 is 0. The Morgan fingerprint density at radius 3 is 2.76 bits per heavy atom. The van der Waals surface area contributed by atoms with Crippen LogP contribution in [0, 0.1) is 5.92 Å². The van der Waals surface area contributed by atoms with Crippen LogP contribution in [0.15, 0.2) is 41.8 Å². The number of hydrogen-bond acceptors (Lipinski definition) is 3. The Kier molecular flexibility index (Phi) is 9.48. The maximum atomic E-state index is 5.99. The molecule has 0 bridgehead atoms. The van der Waals surface area contributed by atoms with Crippen LogP contribution in [0.25, 0.3) is 5.82 Å². The molecule has 0 amide bonds. The van der Waals surface area contributed by atoms with Crippen molar-refractivity contribution < 1.29 is 0 Å². The fraction of sp³-hybridized carbons (Fsp3) is 0.500. The molecule has 2 rings (SSSR count). The Morgan fingerprint density at radius 1 is 1.28 bits per heavy atom. The van der Waals surface area contributed by atoms with Gasteiger partial charge in [0.25, 0.3) is 0 Å². The van der Waals surface area contributed by atoms with Crippen LogP contribution >= 0.6 is 24.0 Å². The lowest BCUT2D eigenvalue weighted by molar-refractivity contribution is 0.493. The first-order chi connectivity index (χ1) is 11.5. The summed E-state index contributed by atoms with van der Waals surface area (Å²) < 4.78 is 1.73. The highest BCUT2D eigenvalue weighted by molar-refractivity contribution is 14.0. The number of halogens is 1. The minimum Gasteiger partial charge on any atom is -0.370 e. The Balaban J connectivity index is 0.00000312. The predicted molar refractivity (Wildman–Crippen MR) is 113 cm³/mol. The smallest absolute Gasteiger partial charge is 0.189 e. The number of nitrogens with one attached hydrogen (secondary N) is 1. The van der Waals surface area contributed by atoms with Gasteiger partial charge in [-0.25, -0.2) is 14.7 Å². The largest absolute Gasteiger partial charge is 0.370 e. The van der Waals surface area contributed by atoms with Crippen molar-refractivity contribution in [1.82, 2.24) is 20.1 Å². The predicted octanol–water partition coefficient (Wildman–Crippen LogP) is 3.50. The third-order valence-electron chi connectivity index (χ3n) is 3.79. The first-order valence-corrected chi connectivity index (χ1v) is 8.56. The molecule has 0 saturated heterocycles. The van der Waals surface area contributed by atoms with Crippen molar-refractivity contribution >= 4 is 29.9 Å². The molecule has 0 radical (unpaired) electrons. The second kappa shape index (κ2) is 11.1. The highest BCUT2D eigenvalue weighted by Crippen LogP contribution is 2.09. The standard InChI is InChI=1S/C18H28N6.HI/c1-14(2)6-4-7-15(3)23-18(19)21-13-16-8-10-20-17(12-16)24-11-5-9-22-24;/h5,8-12,14-15H,4,6-7,13H2,1-3H3,(H3,19,21,23);1H. The van der Waals surface area contributed by atoms with Crippen molar-refractivity contribution in [3.8, 4) is 5.82 Å². The van der Waals surface area contributed by atoms with Crippen molar-refractivity contribution in [3.63, 3.8) is 0 Å². The van der Waals surface area contributed by atoms with Gasteiger partial charge in [-0.15, -0.1) is 24.0 Å². The molecule has 0 fully saturated rings. The van der Waals surface area contributed by atoms with E-state index < -0.39 is 0 Å². The van der Waals surface area contributed by atoms with Crippen LogP contribution in [-0.4, -0.2) is 26.8 Å². The van der Waals surface area contributed by atoms with E-state index in [0.29, 0.717) is 18.5 Å². The maximum Gasteiger partial charge on any atom is 0.189 e. The molecule has 0 saturated carbocycles. The molecule has 7 heteroatoms. The lowest BCUT2D eigenvalue weighted by atomic mass is 10.0. The van der Waals surface area contributed by atoms with Crippen LogP contribution in [0.1, 0.15) is 45.6 Å². The van der Waals surface area contributed by atoms with Gasteiger partial charge in [0.1, 0.15) is 0 Å². The molecule has 0 aliphatic rings. The summed E-state index contributed by atoms with van der Waals surface area (Å²) in [6.45, 7) is 7.17. The van der Waals surface area contributed by atoms with Gasteiger partial charge in [-0.1, -0.05) is 26.7 Å². The fourth-order valence-electron chi connectivity index (χ4n) is 2.47. The number of rotatable bonds is 8. The van der Waals surface area contributed by atoms with Crippen molar-refractivity contribution in [2.45, 2.75) is 52.6 Å². The first-order valence-electron chi connectivity index (χ1n) is 8.56. The molecule has 3 N–H and O–H groups in total. The number of nitrogens with zero attached hydrogens (tertiary/aromatic N) is 4. The maximum absolute atomic E-state index is 5.99. The SMILES string of the molecule is CC(C)CCCC(C)NC(N)=NCc1ccnc(-n2cccn2)c1.I. The van der Waals surface area contributed by atoms with Crippen LogP contribution in [0.5, 0.6) is 0 Å². The van der Waals surface area contributed by atoms with Gasteiger partial charge in [-0.3, -0.25) is 0 Å². The zero-order chi connectivity index (χ0) is 17.4. The molecular weight excluding hydrogens is 427 g/mol. The molecule has 0 spiro atoms. The lowest BCUT2D eigenvalue weighted by Gasteiger charge is -2.15. The number of aromatic nitrogens is 3. The summed E-state index contributed by atoms with van der Waals surface area (Å²) in [5.74, 6) is 2.02.